The molecule has 1 unspecified atom stereocenters. The molecule has 3 aromatic carbocycles. The summed E-state index contributed by atoms with van der Waals surface area (Å²) >= 11 is 0. The second-order valence-corrected chi connectivity index (χ2v) is 14.1. The van der Waals surface area contributed by atoms with Gasteiger partial charge in [0.25, 0.3) is 5.91 Å². The first-order valence-corrected chi connectivity index (χ1v) is 16.9. The molecular formula is C39H36FN5O6. The fourth-order valence-corrected chi connectivity index (χ4v) is 6.96. The molecule has 51 heavy (non-hydrogen) atoms. The van der Waals surface area contributed by atoms with Gasteiger partial charge in [0.05, 0.1) is 17.1 Å². The maximum absolute atomic E-state index is 16.5. The van der Waals surface area contributed by atoms with E-state index >= 15 is 4.39 Å². The van der Waals surface area contributed by atoms with Gasteiger partial charge in [-0.2, -0.15) is 0 Å². The average molecular weight is 690 g/mol. The van der Waals surface area contributed by atoms with E-state index in [0.29, 0.717) is 54.1 Å². The lowest BCUT2D eigenvalue weighted by Crippen LogP contribution is -2.40. The summed E-state index contributed by atoms with van der Waals surface area (Å²) in [6.45, 7) is 6.39. The molecular weight excluding hydrogens is 653 g/mol. The second-order valence-electron chi connectivity index (χ2n) is 14.1. The highest BCUT2D eigenvalue weighted by Crippen LogP contribution is 2.49. The van der Waals surface area contributed by atoms with Gasteiger partial charge < -0.3 is 33.6 Å². The topological polar surface area (TPSA) is 119 Å². The third-order valence-corrected chi connectivity index (χ3v) is 9.33. The number of pyridine rings is 2. The first-order chi connectivity index (χ1) is 24.4. The Bertz CT molecular complexity index is 2430. The number of fused-ring (bicyclic) bond motifs is 5. The third kappa shape index (κ3) is 5.80. The molecule has 0 spiro atoms. The summed E-state index contributed by atoms with van der Waals surface area (Å²) in [4.78, 5) is 48.2. The van der Waals surface area contributed by atoms with Crippen molar-refractivity contribution < 1.29 is 27.9 Å². The normalized spacial score (nSPS) is 15.2. The third-order valence-electron chi connectivity index (χ3n) is 9.33. The van der Waals surface area contributed by atoms with Crippen LogP contribution in [0.4, 0.5) is 14.9 Å². The Balaban J connectivity index is 1.24. The molecule has 1 fully saturated rings. The Kier molecular flexibility index (Phi) is 7.69. The van der Waals surface area contributed by atoms with Crippen LogP contribution in [0.2, 0.25) is 0 Å². The van der Waals surface area contributed by atoms with Gasteiger partial charge in [-0.1, -0.05) is 24.3 Å². The average Bonchev–Trinajstić information content (AvgIpc) is 3.70. The van der Waals surface area contributed by atoms with Crippen molar-refractivity contribution >= 4 is 50.5 Å². The SMILES string of the molecule is CN(CCc1ccccn1)C(=O)c1cn2c3c(c(N4CCC(NC(=O)OC(C)(C)C)C4)c(F)cc3c1=O)Oc1cc3c(cc1-2)oc1ccccc13. The van der Waals surface area contributed by atoms with E-state index < -0.39 is 28.8 Å². The van der Waals surface area contributed by atoms with Crippen LogP contribution >= 0.6 is 0 Å². The lowest BCUT2D eigenvalue weighted by Gasteiger charge is -2.29. The molecule has 5 heterocycles. The van der Waals surface area contributed by atoms with Crippen LogP contribution in [0.3, 0.4) is 0 Å². The summed E-state index contributed by atoms with van der Waals surface area (Å²) in [5, 5.41) is 4.58. The van der Waals surface area contributed by atoms with Crippen molar-refractivity contribution in [2.45, 2.75) is 45.3 Å². The molecule has 1 N–H and O–H groups in total. The lowest BCUT2D eigenvalue weighted by molar-refractivity contribution is 0.0508. The van der Waals surface area contributed by atoms with Gasteiger partial charge >= 0.3 is 6.09 Å². The van der Waals surface area contributed by atoms with Crippen LogP contribution in [0, 0.1) is 5.82 Å². The zero-order valence-corrected chi connectivity index (χ0v) is 28.7. The molecule has 1 atom stereocenters. The number of furan rings is 1. The Hall–Kier alpha value is -5.91. The number of hydrogen-bond donors (Lipinski definition) is 1. The maximum Gasteiger partial charge on any atom is 0.407 e. The number of carbonyl (C=O) groups is 2. The van der Waals surface area contributed by atoms with E-state index in [4.69, 9.17) is 13.9 Å². The maximum atomic E-state index is 16.5. The molecule has 260 valence electrons. The molecule has 0 bridgehead atoms. The molecule has 3 aromatic heterocycles. The van der Waals surface area contributed by atoms with Crippen LogP contribution in [-0.2, 0) is 11.2 Å². The number of aromatic nitrogens is 2. The first-order valence-electron chi connectivity index (χ1n) is 16.9. The Morgan fingerprint density at radius 3 is 2.65 bits per heavy atom. The van der Waals surface area contributed by atoms with Crippen molar-refractivity contribution in [2.75, 3.05) is 31.6 Å². The number of alkyl carbamates (subject to hydrolysis) is 1. The zero-order valence-electron chi connectivity index (χ0n) is 28.7. The van der Waals surface area contributed by atoms with Gasteiger partial charge in [-0.05, 0) is 57.5 Å². The van der Waals surface area contributed by atoms with Crippen molar-refractivity contribution in [3.63, 3.8) is 0 Å². The Labute approximate surface area is 292 Å². The van der Waals surface area contributed by atoms with Gasteiger partial charge in [-0.15, -0.1) is 0 Å². The molecule has 11 nitrogen and oxygen atoms in total. The number of halogens is 1. The minimum Gasteiger partial charge on any atom is -0.456 e. The number of amides is 2. The molecule has 0 saturated carbocycles. The zero-order chi connectivity index (χ0) is 35.6. The molecule has 0 radical (unpaired) electrons. The smallest absolute Gasteiger partial charge is 0.407 e. The van der Waals surface area contributed by atoms with Gasteiger partial charge in [-0.25, -0.2) is 9.18 Å². The van der Waals surface area contributed by atoms with E-state index in [0.717, 1.165) is 16.5 Å². The molecule has 0 aliphatic carbocycles. The molecule has 2 aliphatic heterocycles. The van der Waals surface area contributed by atoms with Crippen molar-refractivity contribution in [1.29, 1.82) is 0 Å². The van der Waals surface area contributed by atoms with Crippen LogP contribution < -0.4 is 20.4 Å². The highest BCUT2D eigenvalue weighted by Gasteiger charge is 2.35. The van der Waals surface area contributed by atoms with E-state index in [-0.39, 0.29) is 35.0 Å². The number of carbonyl (C=O) groups excluding carboxylic acids is 2. The first kappa shape index (κ1) is 32.3. The minimum absolute atomic E-state index is 0.00760. The molecule has 2 aliphatic rings. The molecule has 8 rings (SSSR count). The van der Waals surface area contributed by atoms with E-state index in [1.807, 2.05) is 59.5 Å². The fourth-order valence-electron chi connectivity index (χ4n) is 6.96. The van der Waals surface area contributed by atoms with Gasteiger partial charge in [0.2, 0.25) is 5.43 Å². The van der Waals surface area contributed by atoms with E-state index in [2.05, 4.69) is 10.3 Å². The Morgan fingerprint density at radius 2 is 1.86 bits per heavy atom. The van der Waals surface area contributed by atoms with Crippen LogP contribution in [0.5, 0.6) is 11.5 Å². The summed E-state index contributed by atoms with van der Waals surface area (Å²) in [6.07, 6.45) is 3.69. The number of rotatable bonds is 6. The fraction of sp³-hybridized carbons (Fsp3) is 0.282. The van der Waals surface area contributed by atoms with Gasteiger partial charge in [0, 0.05) is 68.0 Å². The number of likely N-dealkylation sites (N-methyl/N-ethyl adjacent to an activating group) is 1. The monoisotopic (exact) mass is 689 g/mol. The van der Waals surface area contributed by atoms with Gasteiger partial charge in [-0.3, -0.25) is 14.6 Å². The number of anilines is 1. The van der Waals surface area contributed by atoms with Crippen molar-refractivity contribution in [1.82, 2.24) is 19.8 Å². The van der Waals surface area contributed by atoms with Crippen molar-refractivity contribution in [3.05, 3.63) is 100 Å². The van der Waals surface area contributed by atoms with Crippen LogP contribution in [0.25, 0.3) is 38.5 Å². The number of para-hydroxylation sites is 1. The Morgan fingerprint density at radius 1 is 1.06 bits per heavy atom. The second kappa shape index (κ2) is 12.1. The van der Waals surface area contributed by atoms with Crippen LogP contribution in [-0.4, -0.2) is 64.8 Å². The summed E-state index contributed by atoms with van der Waals surface area (Å²) in [5.41, 5.74) is 1.74. The minimum atomic E-state index is -0.675. The largest absolute Gasteiger partial charge is 0.456 e. The van der Waals surface area contributed by atoms with E-state index in [9.17, 15) is 14.4 Å². The number of nitrogens with one attached hydrogen (secondary N) is 1. The number of ether oxygens (including phenoxy) is 2. The predicted octanol–water partition coefficient (Wildman–Crippen LogP) is 6.95. The summed E-state index contributed by atoms with van der Waals surface area (Å²) in [7, 11) is 1.63. The molecule has 12 heteroatoms. The summed E-state index contributed by atoms with van der Waals surface area (Å²) < 4.78 is 36.4. The molecule has 1 saturated heterocycles. The van der Waals surface area contributed by atoms with Crippen LogP contribution in [0.1, 0.15) is 43.2 Å². The predicted molar refractivity (Wildman–Crippen MR) is 192 cm³/mol. The number of benzene rings is 3. The van der Waals surface area contributed by atoms with E-state index in [1.165, 1.54) is 17.2 Å². The summed E-state index contributed by atoms with van der Waals surface area (Å²) in [5.74, 6) is -0.614. The standard InChI is InChI=1S/C39H36FN5O6/c1-39(2,3)51-38(48)42-23-13-16-44(20-23)34-28(40)17-26-33-36(34)50-32-18-25-24-10-5-6-11-30(24)49-31(25)19-29(32)45(33)21-27(35(26)46)37(47)43(4)15-12-22-9-7-8-14-41-22/h5-11,14,17-19,21,23H,12-13,15-16,20H2,1-4H3,(H,42,48). The van der Waals surface area contributed by atoms with E-state index in [1.54, 1.807) is 38.6 Å². The quantitative estimate of drug-likeness (QED) is 0.199. The highest BCUT2D eigenvalue weighted by atomic mass is 19.1. The summed E-state index contributed by atoms with van der Waals surface area (Å²) in [6, 6.07) is 17.7. The number of nitrogens with zero attached hydrogens (tertiary/aromatic N) is 4. The molecule has 6 aromatic rings. The number of hydrogen-bond acceptors (Lipinski definition) is 8. The van der Waals surface area contributed by atoms with Gasteiger partial charge in [0.15, 0.2) is 17.3 Å². The molecule has 2 amide bonds. The van der Waals surface area contributed by atoms with Crippen LogP contribution in [0.15, 0.2) is 82.3 Å². The highest BCUT2D eigenvalue weighted by molar-refractivity contribution is 6.07. The van der Waals surface area contributed by atoms with Crippen molar-refractivity contribution in [3.8, 4) is 17.2 Å². The lowest BCUT2D eigenvalue weighted by atomic mass is 10.0. The van der Waals surface area contributed by atoms with Gasteiger partial charge in [0.1, 0.15) is 33.5 Å². The van der Waals surface area contributed by atoms with Crippen molar-refractivity contribution in [2.24, 2.45) is 0 Å².